The van der Waals surface area contributed by atoms with Crippen molar-refractivity contribution in [3.8, 4) is 23.1 Å². The number of aromatic amines is 1. The molecule has 6 nitrogen and oxygen atoms in total. The average molecular weight is 356 g/mol. The van der Waals surface area contributed by atoms with Crippen molar-refractivity contribution in [2.24, 2.45) is 0 Å². The van der Waals surface area contributed by atoms with Gasteiger partial charge in [-0.1, -0.05) is 11.2 Å². The van der Waals surface area contributed by atoms with E-state index in [-0.39, 0.29) is 6.10 Å². The number of hydrogen-bond acceptors (Lipinski definition) is 5. The Bertz CT molecular complexity index is 1150. The van der Waals surface area contributed by atoms with E-state index in [4.69, 9.17) is 14.5 Å². The molecule has 1 atom stereocenters. The van der Waals surface area contributed by atoms with E-state index in [1.165, 1.54) is 11.1 Å². The van der Waals surface area contributed by atoms with Crippen molar-refractivity contribution in [3.05, 3.63) is 65.5 Å². The first-order valence-corrected chi connectivity index (χ1v) is 8.89. The second-order valence-corrected chi connectivity index (χ2v) is 6.72. The Labute approximate surface area is 155 Å². The van der Waals surface area contributed by atoms with Crippen LogP contribution >= 0.6 is 0 Å². The van der Waals surface area contributed by atoms with Crippen LogP contribution in [-0.2, 0) is 6.42 Å². The first-order valence-electron chi connectivity index (χ1n) is 8.89. The van der Waals surface area contributed by atoms with Crippen LogP contribution in [0.25, 0.3) is 22.2 Å². The molecule has 0 bridgehead atoms. The minimum Gasteiger partial charge on any atom is -0.486 e. The molecule has 4 aromatic rings. The SMILES string of the molecule is N#Cc1ccc2c(c1)CCC[C@H]2Oc1ccc2[nH]nc(-c3cnoc3)c2c1. The fourth-order valence-corrected chi connectivity index (χ4v) is 3.73. The first-order chi connectivity index (χ1) is 13.3. The van der Waals surface area contributed by atoms with Crippen LogP contribution in [0.1, 0.15) is 35.6 Å². The van der Waals surface area contributed by atoms with E-state index in [0.717, 1.165) is 47.2 Å². The molecule has 27 heavy (non-hydrogen) atoms. The molecule has 0 saturated carbocycles. The van der Waals surface area contributed by atoms with Gasteiger partial charge in [-0.15, -0.1) is 0 Å². The molecule has 0 radical (unpaired) electrons. The quantitative estimate of drug-likeness (QED) is 0.582. The van der Waals surface area contributed by atoms with Crippen molar-refractivity contribution < 1.29 is 9.26 Å². The Morgan fingerprint density at radius 3 is 3.04 bits per heavy atom. The molecule has 2 aromatic heterocycles. The smallest absolute Gasteiger partial charge is 0.133 e. The monoisotopic (exact) mass is 356 g/mol. The van der Waals surface area contributed by atoms with Gasteiger partial charge in [0.05, 0.1) is 28.9 Å². The summed E-state index contributed by atoms with van der Waals surface area (Å²) in [6, 6.07) is 14.0. The number of rotatable bonds is 3. The molecule has 0 unspecified atom stereocenters. The second-order valence-electron chi connectivity index (χ2n) is 6.72. The van der Waals surface area contributed by atoms with Gasteiger partial charge in [-0.2, -0.15) is 10.4 Å². The number of nitrogens with one attached hydrogen (secondary N) is 1. The highest BCUT2D eigenvalue weighted by molar-refractivity contribution is 5.93. The predicted molar refractivity (Wildman–Crippen MR) is 99.1 cm³/mol. The number of H-pyrrole nitrogens is 1. The van der Waals surface area contributed by atoms with Crippen LogP contribution in [0.4, 0.5) is 0 Å². The van der Waals surface area contributed by atoms with Gasteiger partial charge in [-0.05, 0) is 60.7 Å². The molecule has 0 spiro atoms. The minimum atomic E-state index is -0.00936. The van der Waals surface area contributed by atoms with E-state index < -0.39 is 0 Å². The summed E-state index contributed by atoms with van der Waals surface area (Å²) in [7, 11) is 0. The number of nitrogens with zero attached hydrogens (tertiary/aromatic N) is 3. The van der Waals surface area contributed by atoms with Crippen LogP contribution in [0.15, 0.2) is 53.4 Å². The molecular formula is C21H16N4O2. The summed E-state index contributed by atoms with van der Waals surface area (Å²) in [6.45, 7) is 0. The van der Waals surface area contributed by atoms with Gasteiger partial charge in [0.2, 0.25) is 0 Å². The molecule has 0 fully saturated rings. The van der Waals surface area contributed by atoms with Gasteiger partial charge in [0, 0.05) is 5.39 Å². The summed E-state index contributed by atoms with van der Waals surface area (Å²) in [5, 5.41) is 21.2. The van der Waals surface area contributed by atoms with Gasteiger partial charge in [0.15, 0.2) is 0 Å². The van der Waals surface area contributed by atoms with Gasteiger partial charge >= 0.3 is 0 Å². The molecule has 6 heteroatoms. The maximum atomic E-state index is 9.12. The number of benzene rings is 2. The number of aromatic nitrogens is 3. The lowest BCUT2D eigenvalue weighted by Gasteiger charge is -2.26. The second kappa shape index (κ2) is 6.29. The third-order valence-electron chi connectivity index (χ3n) is 5.05. The van der Waals surface area contributed by atoms with E-state index in [0.29, 0.717) is 5.56 Å². The van der Waals surface area contributed by atoms with E-state index in [2.05, 4.69) is 21.4 Å². The van der Waals surface area contributed by atoms with Crippen LogP contribution in [0, 0.1) is 11.3 Å². The zero-order valence-corrected chi connectivity index (χ0v) is 14.5. The largest absolute Gasteiger partial charge is 0.486 e. The number of hydrogen-bond donors (Lipinski definition) is 1. The molecule has 0 saturated heterocycles. The highest BCUT2D eigenvalue weighted by Gasteiger charge is 2.22. The van der Waals surface area contributed by atoms with Gasteiger partial charge in [-0.3, -0.25) is 5.10 Å². The summed E-state index contributed by atoms with van der Waals surface area (Å²) in [5.41, 5.74) is 5.63. The predicted octanol–water partition coefficient (Wildman–Crippen LogP) is 4.55. The molecule has 0 aliphatic heterocycles. The Balaban J connectivity index is 1.49. The summed E-state index contributed by atoms with van der Waals surface area (Å²) in [5.74, 6) is 0.795. The van der Waals surface area contributed by atoms with Crippen molar-refractivity contribution in [2.75, 3.05) is 0 Å². The third-order valence-corrected chi connectivity index (χ3v) is 5.05. The number of nitriles is 1. The number of ether oxygens (including phenoxy) is 1. The topological polar surface area (TPSA) is 87.7 Å². The Morgan fingerprint density at radius 2 is 2.19 bits per heavy atom. The molecule has 0 amide bonds. The molecule has 1 N–H and O–H groups in total. The molecular weight excluding hydrogens is 340 g/mol. The third kappa shape index (κ3) is 2.74. The van der Waals surface area contributed by atoms with Crippen molar-refractivity contribution in [1.29, 1.82) is 5.26 Å². The lowest BCUT2D eigenvalue weighted by Crippen LogP contribution is -2.15. The molecule has 132 valence electrons. The molecule has 2 aromatic carbocycles. The summed E-state index contributed by atoms with van der Waals surface area (Å²) >= 11 is 0. The number of fused-ring (bicyclic) bond motifs is 2. The van der Waals surface area contributed by atoms with E-state index in [9.17, 15) is 0 Å². The normalized spacial score (nSPS) is 16.0. The van der Waals surface area contributed by atoms with Crippen LogP contribution in [0.5, 0.6) is 5.75 Å². The van der Waals surface area contributed by atoms with E-state index in [1.807, 2.05) is 36.4 Å². The van der Waals surface area contributed by atoms with Gasteiger partial charge in [0.25, 0.3) is 0 Å². The zero-order chi connectivity index (χ0) is 18.2. The Morgan fingerprint density at radius 1 is 1.22 bits per heavy atom. The standard InChI is InChI=1S/C21H16N4O2/c22-10-13-4-6-17-14(8-13)2-1-3-20(17)27-16-5-7-19-18(9-16)21(25-24-19)15-11-23-26-12-15/h4-9,11-12,20H,1-3H2,(H,24,25)/t20-/m1/s1. The van der Waals surface area contributed by atoms with Gasteiger partial charge in [-0.25, -0.2) is 0 Å². The summed E-state index contributed by atoms with van der Waals surface area (Å²) in [4.78, 5) is 0. The molecule has 1 aliphatic rings. The maximum Gasteiger partial charge on any atom is 0.133 e. The highest BCUT2D eigenvalue weighted by atomic mass is 16.5. The van der Waals surface area contributed by atoms with Crippen molar-refractivity contribution in [3.63, 3.8) is 0 Å². The number of aryl methyl sites for hydroxylation is 1. The molecule has 1 aliphatic carbocycles. The van der Waals surface area contributed by atoms with Crippen LogP contribution in [0.2, 0.25) is 0 Å². The lowest BCUT2D eigenvalue weighted by molar-refractivity contribution is 0.183. The fourth-order valence-electron chi connectivity index (χ4n) is 3.73. The Kier molecular flexibility index (Phi) is 3.65. The highest BCUT2D eigenvalue weighted by Crippen LogP contribution is 2.36. The van der Waals surface area contributed by atoms with Crippen molar-refractivity contribution in [2.45, 2.75) is 25.4 Å². The lowest BCUT2D eigenvalue weighted by atomic mass is 9.88. The van der Waals surface area contributed by atoms with E-state index in [1.54, 1.807) is 12.5 Å². The van der Waals surface area contributed by atoms with Gasteiger partial charge < -0.3 is 9.26 Å². The zero-order valence-electron chi connectivity index (χ0n) is 14.5. The first kappa shape index (κ1) is 15.6. The van der Waals surface area contributed by atoms with Crippen LogP contribution < -0.4 is 4.74 Å². The minimum absolute atomic E-state index is 0.00936. The fraction of sp³-hybridized carbons (Fsp3) is 0.190. The van der Waals surface area contributed by atoms with Gasteiger partial charge in [0.1, 0.15) is 23.8 Å². The van der Waals surface area contributed by atoms with Crippen molar-refractivity contribution >= 4 is 10.9 Å². The molecule has 5 rings (SSSR count). The maximum absolute atomic E-state index is 9.12. The van der Waals surface area contributed by atoms with Crippen LogP contribution in [-0.4, -0.2) is 15.4 Å². The van der Waals surface area contributed by atoms with E-state index >= 15 is 0 Å². The summed E-state index contributed by atoms with van der Waals surface area (Å²) in [6.07, 6.45) is 6.21. The van der Waals surface area contributed by atoms with Crippen LogP contribution in [0.3, 0.4) is 0 Å². The Hall–Kier alpha value is -3.59. The average Bonchev–Trinajstić information content (AvgIpc) is 3.37. The van der Waals surface area contributed by atoms with Crippen molar-refractivity contribution in [1.82, 2.24) is 15.4 Å². The molecule has 2 heterocycles. The summed E-state index contributed by atoms with van der Waals surface area (Å²) < 4.78 is 11.3.